The molecule has 1 aromatic rings. The summed E-state index contributed by atoms with van der Waals surface area (Å²) in [7, 11) is -3.33. The lowest BCUT2D eigenvalue weighted by Crippen LogP contribution is -2.37. The quantitative estimate of drug-likeness (QED) is 0.728. The third-order valence-electron chi connectivity index (χ3n) is 2.02. The van der Waals surface area contributed by atoms with Crippen LogP contribution in [0.25, 0.3) is 0 Å². The number of amides is 1. The van der Waals surface area contributed by atoms with E-state index in [1.54, 1.807) is 6.20 Å². The summed E-state index contributed by atoms with van der Waals surface area (Å²) in [5, 5.41) is 1.47. The Morgan fingerprint density at radius 2 is 2.33 bits per heavy atom. The maximum absolute atomic E-state index is 11.4. The molecule has 0 aromatic carbocycles. The molecule has 0 aliphatic rings. The van der Waals surface area contributed by atoms with Crippen molar-refractivity contribution in [2.45, 2.75) is 18.7 Å². The summed E-state index contributed by atoms with van der Waals surface area (Å²) in [4.78, 5) is 17.9. The molecule has 1 atom stereocenters. The van der Waals surface area contributed by atoms with Gasteiger partial charge in [0.15, 0.2) is 9.84 Å². The van der Waals surface area contributed by atoms with Gasteiger partial charge >= 0.3 is 0 Å². The second-order valence-electron chi connectivity index (χ2n) is 3.27. The molecule has 0 bridgehead atoms. The molecule has 7 heteroatoms. The standard InChI is InChI=1S/C8H13N3O3S/c1-6(15(2,13)14)8(12)10-4-7-3-9-5-11-7/h3,5-6H,4H2,1-2H3,(H,9,11)(H,10,12). The van der Waals surface area contributed by atoms with Crippen LogP contribution in [-0.2, 0) is 21.2 Å². The monoisotopic (exact) mass is 231 g/mol. The SMILES string of the molecule is CC(C(=O)NCc1cnc[nH]1)S(C)(=O)=O. The highest BCUT2D eigenvalue weighted by Gasteiger charge is 2.22. The van der Waals surface area contributed by atoms with Gasteiger partial charge < -0.3 is 10.3 Å². The largest absolute Gasteiger partial charge is 0.349 e. The van der Waals surface area contributed by atoms with Gasteiger partial charge in [0.1, 0.15) is 5.25 Å². The summed E-state index contributed by atoms with van der Waals surface area (Å²) in [6, 6.07) is 0. The van der Waals surface area contributed by atoms with Gasteiger partial charge in [0.2, 0.25) is 5.91 Å². The molecule has 0 aliphatic heterocycles. The number of aromatic nitrogens is 2. The van der Waals surface area contributed by atoms with E-state index in [9.17, 15) is 13.2 Å². The van der Waals surface area contributed by atoms with Crippen LogP contribution in [0.1, 0.15) is 12.6 Å². The van der Waals surface area contributed by atoms with E-state index in [1.165, 1.54) is 13.3 Å². The number of nitrogens with one attached hydrogen (secondary N) is 2. The highest BCUT2D eigenvalue weighted by molar-refractivity contribution is 7.92. The molecule has 15 heavy (non-hydrogen) atoms. The van der Waals surface area contributed by atoms with E-state index in [4.69, 9.17) is 0 Å². The molecule has 0 saturated heterocycles. The van der Waals surface area contributed by atoms with Crippen LogP contribution >= 0.6 is 0 Å². The lowest BCUT2D eigenvalue weighted by molar-refractivity contribution is -0.120. The Kier molecular flexibility index (Phi) is 3.46. The third-order valence-corrected chi connectivity index (χ3v) is 3.52. The van der Waals surface area contributed by atoms with Crippen molar-refractivity contribution in [1.82, 2.24) is 15.3 Å². The number of carbonyl (C=O) groups excluding carboxylic acids is 1. The first-order chi connectivity index (χ1) is 6.91. The highest BCUT2D eigenvalue weighted by Crippen LogP contribution is 1.98. The number of aromatic amines is 1. The summed E-state index contributed by atoms with van der Waals surface area (Å²) in [6.45, 7) is 1.61. The Labute approximate surface area is 88.0 Å². The van der Waals surface area contributed by atoms with Crippen molar-refractivity contribution < 1.29 is 13.2 Å². The van der Waals surface area contributed by atoms with E-state index in [2.05, 4.69) is 15.3 Å². The summed E-state index contributed by atoms with van der Waals surface area (Å²) < 4.78 is 22.1. The predicted molar refractivity (Wildman–Crippen MR) is 54.7 cm³/mol. The molecular formula is C8H13N3O3S. The van der Waals surface area contributed by atoms with Gasteiger partial charge in [0.25, 0.3) is 0 Å². The van der Waals surface area contributed by atoms with E-state index >= 15 is 0 Å². The number of hydrogen-bond donors (Lipinski definition) is 2. The number of carbonyl (C=O) groups is 1. The average molecular weight is 231 g/mol. The average Bonchev–Trinajstić information content (AvgIpc) is 2.63. The van der Waals surface area contributed by atoms with Crippen molar-refractivity contribution in [1.29, 1.82) is 0 Å². The summed E-state index contributed by atoms with van der Waals surface area (Å²) in [5.41, 5.74) is 0.726. The van der Waals surface area contributed by atoms with Gasteiger partial charge in [-0.05, 0) is 6.92 Å². The predicted octanol–water partition coefficient (Wildman–Crippen LogP) is -0.541. The highest BCUT2D eigenvalue weighted by atomic mass is 32.2. The van der Waals surface area contributed by atoms with Crippen LogP contribution in [0.5, 0.6) is 0 Å². The van der Waals surface area contributed by atoms with Crippen LogP contribution in [0.3, 0.4) is 0 Å². The minimum absolute atomic E-state index is 0.249. The summed E-state index contributed by atoms with van der Waals surface area (Å²) in [6.07, 6.45) is 4.08. The molecule has 0 aliphatic carbocycles. The third kappa shape index (κ3) is 3.35. The first-order valence-electron chi connectivity index (χ1n) is 4.35. The lowest BCUT2D eigenvalue weighted by Gasteiger charge is -2.09. The zero-order valence-corrected chi connectivity index (χ0v) is 9.34. The second-order valence-corrected chi connectivity index (χ2v) is 5.63. The fraction of sp³-hybridized carbons (Fsp3) is 0.500. The van der Waals surface area contributed by atoms with Crippen molar-refractivity contribution in [3.05, 3.63) is 18.2 Å². The van der Waals surface area contributed by atoms with E-state index in [-0.39, 0.29) is 6.54 Å². The fourth-order valence-corrected chi connectivity index (χ4v) is 1.37. The number of H-pyrrole nitrogens is 1. The van der Waals surface area contributed by atoms with E-state index < -0.39 is 21.0 Å². The van der Waals surface area contributed by atoms with Crippen molar-refractivity contribution in [2.24, 2.45) is 0 Å². The number of rotatable bonds is 4. The minimum Gasteiger partial charge on any atom is -0.349 e. The maximum Gasteiger partial charge on any atom is 0.238 e. The first kappa shape index (κ1) is 11.7. The van der Waals surface area contributed by atoms with Gasteiger partial charge in [-0.25, -0.2) is 13.4 Å². The molecule has 1 heterocycles. The van der Waals surface area contributed by atoms with E-state index in [1.807, 2.05) is 0 Å². The number of hydrogen-bond acceptors (Lipinski definition) is 4. The molecule has 1 unspecified atom stereocenters. The van der Waals surface area contributed by atoms with Gasteiger partial charge in [0.05, 0.1) is 18.6 Å². The Balaban J connectivity index is 2.50. The van der Waals surface area contributed by atoms with Crippen LogP contribution in [0.15, 0.2) is 12.5 Å². The first-order valence-corrected chi connectivity index (χ1v) is 6.30. The number of imidazole rings is 1. The second kappa shape index (κ2) is 4.43. The zero-order valence-electron chi connectivity index (χ0n) is 8.52. The lowest BCUT2D eigenvalue weighted by atomic mass is 10.4. The van der Waals surface area contributed by atoms with Gasteiger partial charge in [-0.15, -0.1) is 0 Å². The van der Waals surface area contributed by atoms with Crippen molar-refractivity contribution in [3.63, 3.8) is 0 Å². The van der Waals surface area contributed by atoms with Gasteiger partial charge in [-0.2, -0.15) is 0 Å². The molecule has 0 spiro atoms. The van der Waals surface area contributed by atoms with Crippen molar-refractivity contribution in [3.8, 4) is 0 Å². The van der Waals surface area contributed by atoms with Crippen LogP contribution in [0.4, 0.5) is 0 Å². The van der Waals surface area contributed by atoms with Crippen molar-refractivity contribution >= 4 is 15.7 Å². The molecule has 0 fully saturated rings. The van der Waals surface area contributed by atoms with E-state index in [0.717, 1.165) is 11.9 Å². The molecule has 1 rings (SSSR count). The normalized spacial score (nSPS) is 13.5. The van der Waals surface area contributed by atoms with Gasteiger partial charge in [-0.3, -0.25) is 4.79 Å². The van der Waals surface area contributed by atoms with Crippen molar-refractivity contribution in [2.75, 3.05) is 6.26 Å². The van der Waals surface area contributed by atoms with Crippen LogP contribution in [0.2, 0.25) is 0 Å². The molecule has 84 valence electrons. The Morgan fingerprint density at radius 1 is 1.67 bits per heavy atom. The Bertz CT molecular complexity index is 424. The van der Waals surface area contributed by atoms with Gasteiger partial charge in [0, 0.05) is 12.5 Å². The smallest absolute Gasteiger partial charge is 0.238 e. The minimum atomic E-state index is -3.33. The summed E-state index contributed by atoms with van der Waals surface area (Å²) >= 11 is 0. The fourth-order valence-electron chi connectivity index (χ4n) is 0.902. The van der Waals surface area contributed by atoms with Crippen LogP contribution in [-0.4, -0.2) is 35.8 Å². The van der Waals surface area contributed by atoms with Crippen LogP contribution < -0.4 is 5.32 Å². The topological polar surface area (TPSA) is 91.9 Å². The maximum atomic E-state index is 11.4. The molecule has 1 amide bonds. The molecule has 2 N–H and O–H groups in total. The molecule has 6 nitrogen and oxygen atoms in total. The Hall–Kier alpha value is -1.37. The van der Waals surface area contributed by atoms with Gasteiger partial charge in [-0.1, -0.05) is 0 Å². The van der Waals surface area contributed by atoms with E-state index in [0.29, 0.717) is 0 Å². The molecule has 0 radical (unpaired) electrons. The molecule has 0 saturated carbocycles. The van der Waals surface area contributed by atoms with Crippen LogP contribution in [0, 0.1) is 0 Å². The summed E-state index contributed by atoms with van der Waals surface area (Å²) in [5.74, 6) is -0.507. The number of sulfone groups is 1. The zero-order chi connectivity index (χ0) is 11.5. The molecular weight excluding hydrogens is 218 g/mol. The Morgan fingerprint density at radius 3 is 2.80 bits per heavy atom. The molecule has 1 aromatic heterocycles. The number of nitrogens with zero attached hydrogens (tertiary/aromatic N) is 1.